The van der Waals surface area contributed by atoms with Crippen LogP contribution in [0.25, 0.3) is 10.9 Å². The van der Waals surface area contributed by atoms with E-state index in [0.717, 1.165) is 5.39 Å². The minimum Gasteiger partial charge on any atom is -0.506 e. The van der Waals surface area contributed by atoms with Gasteiger partial charge in [0.2, 0.25) is 0 Å². The Morgan fingerprint density at radius 2 is 2.19 bits per heavy atom. The third-order valence-electron chi connectivity index (χ3n) is 2.17. The average molecular weight is 241 g/mol. The van der Waals surface area contributed by atoms with Gasteiger partial charge in [-0.15, -0.1) is 0 Å². The first kappa shape index (κ1) is 10.6. The van der Waals surface area contributed by atoms with Crippen molar-refractivity contribution in [3.63, 3.8) is 0 Å². The van der Waals surface area contributed by atoms with Crippen molar-refractivity contribution < 1.29 is 15.0 Å². The molecule has 1 heterocycles. The molecular formula is C10H9ClN2O3. The average Bonchev–Trinajstić information content (AvgIpc) is 2.58. The summed E-state index contributed by atoms with van der Waals surface area (Å²) in [6.45, 7) is 0.183. The summed E-state index contributed by atoms with van der Waals surface area (Å²) in [5, 5.41) is 21.2. The first-order valence-corrected chi connectivity index (χ1v) is 4.91. The molecule has 0 aliphatic carbocycles. The Labute approximate surface area is 95.7 Å². The van der Waals surface area contributed by atoms with E-state index in [9.17, 15) is 9.90 Å². The highest BCUT2D eigenvalue weighted by Gasteiger charge is 2.06. The second-order valence-corrected chi connectivity index (χ2v) is 3.75. The second-order valence-electron chi connectivity index (χ2n) is 3.34. The molecule has 0 aliphatic rings. The molecule has 84 valence electrons. The largest absolute Gasteiger partial charge is 0.506 e. The van der Waals surface area contributed by atoms with Gasteiger partial charge in [-0.2, -0.15) is 0 Å². The number of halogens is 1. The van der Waals surface area contributed by atoms with Crippen molar-refractivity contribution in [1.29, 1.82) is 0 Å². The van der Waals surface area contributed by atoms with Crippen LogP contribution in [-0.4, -0.2) is 21.3 Å². The van der Waals surface area contributed by atoms with Gasteiger partial charge in [0.25, 0.3) is 0 Å². The number of amides is 1. The molecule has 1 amide bonds. The van der Waals surface area contributed by atoms with Crippen molar-refractivity contribution in [3.8, 4) is 5.75 Å². The maximum absolute atomic E-state index is 10.3. The van der Waals surface area contributed by atoms with E-state index < -0.39 is 6.09 Å². The Morgan fingerprint density at radius 3 is 2.88 bits per heavy atom. The van der Waals surface area contributed by atoms with Crippen LogP contribution in [0.5, 0.6) is 5.75 Å². The van der Waals surface area contributed by atoms with E-state index >= 15 is 0 Å². The fraction of sp³-hybridized carbons (Fsp3) is 0.100. The minimum atomic E-state index is -1.08. The maximum Gasteiger partial charge on any atom is 0.404 e. The standard InChI is InChI=1S/C10H9ClN2O3/c11-7-2-5-1-6(4-12-10(15)16)13-8(5)3-9(7)14/h1-3,12-14H,4H2,(H,15,16). The Kier molecular flexibility index (Phi) is 2.62. The number of hydrogen-bond donors (Lipinski definition) is 4. The SMILES string of the molecule is O=C(O)NCc1cc2cc(Cl)c(O)cc2[nH]1. The van der Waals surface area contributed by atoms with Gasteiger partial charge >= 0.3 is 6.09 Å². The van der Waals surface area contributed by atoms with E-state index in [4.69, 9.17) is 16.7 Å². The molecule has 0 fully saturated rings. The predicted molar refractivity (Wildman–Crippen MR) is 59.8 cm³/mol. The lowest BCUT2D eigenvalue weighted by Gasteiger charge is -1.96. The van der Waals surface area contributed by atoms with Crippen LogP contribution in [0, 0.1) is 0 Å². The van der Waals surface area contributed by atoms with Gasteiger partial charge in [0.1, 0.15) is 5.75 Å². The lowest BCUT2D eigenvalue weighted by atomic mass is 10.2. The van der Waals surface area contributed by atoms with Crippen LogP contribution in [0.15, 0.2) is 18.2 Å². The molecule has 0 saturated heterocycles. The van der Waals surface area contributed by atoms with Crippen molar-refractivity contribution >= 4 is 28.6 Å². The highest BCUT2D eigenvalue weighted by Crippen LogP contribution is 2.28. The number of benzene rings is 1. The third-order valence-corrected chi connectivity index (χ3v) is 2.48. The number of phenols is 1. The van der Waals surface area contributed by atoms with Gasteiger partial charge < -0.3 is 20.5 Å². The topological polar surface area (TPSA) is 85.3 Å². The van der Waals surface area contributed by atoms with E-state index in [1.807, 2.05) is 0 Å². The molecule has 16 heavy (non-hydrogen) atoms. The molecule has 4 N–H and O–H groups in total. The summed E-state index contributed by atoms with van der Waals surface area (Å²) in [6, 6.07) is 4.89. The van der Waals surface area contributed by atoms with Crippen LogP contribution < -0.4 is 5.32 Å². The van der Waals surface area contributed by atoms with Crippen molar-refractivity contribution in [3.05, 3.63) is 28.9 Å². The lowest BCUT2D eigenvalue weighted by molar-refractivity contribution is 0.194. The zero-order chi connectivity index (χ0) is 11.7. The molecule has 1 aromatic carbocycles. The smallest absolute Gasteiger partial charge is 0.404 e. The Balaban J connectivity index is 2.33. The molecule has 0 bridgehead atoms. The van der Waals surface area contributed by atoms with E-state index in [0.29, 0.717) is 11.2 Å². The number of carbonyl (C=O) groups is 1. The Bertz CT molecular complexity index is 511. The molecule has 0 radical (unpaired) electrons. The number of carboxylic acid groups (broad SMARTS) is 1. The zero-order valence-electron chi connectivity index (χ0n) is 8.12. The van der Waals surface area contributed by atoms with Gasteiger partial charge in [-0.05, 0) is 12.1 Å². The van der Waals surface area contributed by atoms with Crippen LogP contribution >= 0.6 is 11.6 Å². The quantitative estimate of drug-likeness (QED) is 0.650. The molecule has 0 saturated carbocycles. The predicted octanol–water partition coefficient (Wildman–Crippen LogP) is 2.29. The molecule has 2 aromatic rings. The van der Waals surface area contributed by atoms with E-state index in [1.54, 1.807) is 12.1 Å². The zero-order valence-corrected chi connectivity index (χ0v) is 8.88. The number of phenolic OH excluding ortho intramolecular Hbond substituents is 1. The van der Waals surface area contributed by atoms with Gasteiger partial charge in [-0.3, -0.25) is 0 Å². The maximum atomic E-state index is 10.3. The van der Waals surface area contributed by atoms with Gasteiger partial charge in [-0.25, -0.2) is 4.79 Å². The fourth-order valence-electron chi connectivity index (χ4n) is 1.47. The number of hydrogen-bond acceptors (Lipinski definition) is 2. The summed E-state index contributed by atoms with van der Waals surface area (Å²) in [5.41, 5.74) is 1.42. The van der Waals surface area contributed by atoms with Gasteiger partial charge in [0.05, 0.1) is 11.6 Å². The molecule has 0 spiro atoms. The minimum absolute atomic E-state index is 0.00578. The highest BCUT2D eigenvalue weighted by atomic mass is 35.5. The lowest BCUT2D eigenvalue weighted by Crippen LogP contribution is -2.19. The molecule has 0 unspecified atom stereocenters. The first-order chi connectivity index (χ1) is 7.56. The summed E-state index contributed by atoms with van der Waals surface area (Å²) in [7, 11) is 0. The summed E-state index contributed by atoms with van der Waals surface area (Å²) in [6.07, 6.45) is -1.08. The molecule has 5 nitrogen and oxygen atoms in total. The van der Waals surface area contributed by atoms with E-state index in [1.165, 1.54) is 6.07 Å². The van der Waals surface area contributed by atoms with Crippen molar-refractivity contribution in [1.82, 2.24) is 10.3 Å². The van der Waals surface area contributed by atoms with Crippen LogP contribution in [0.4, 0.5) is 4.79 Å². The van der Waals surface area contributed by atoms with Crippen molar-refractivity contribution in [2.45, 2.75) is 6.54 Å². The molecule has 2 rings (SSSR count). The summed E-state index contributed by atoms with van der Waals surface area (Å²) < 4.78 is 0. The second kappa shape index (κ2) is 3.94. The number of nitrogens with one attached hydrogen (secondary N) is 2. The summed E-state index contributed by atoms with van der Waals surface area (Å²) in [4.78, 5) is 13.3. The number of aromatic nitrogens is 1. The molecular weight excluding hydrogens is 232 g/mol. The van der Waals surface area contributed by atoms with Crippen molar-refractivity contribution in [2.24, 2.45) is 0 Å². The van der Waals surface area contributed by atoms with Crippen LogP contribution in [0.1, 0.15) is 5.69 Å². The molecule has 0 aliphatic heterocycles. The molecule has 0 atom stereocenters. The van der Waals surface area contributed by atoms with Gasteiger partial charge in [0, 0.05) is 22.7 Å². The molecule has 6 heteroatoms. The third kappa shape index (κ3) is 2.04. The van der Waals surface area contributed by atoms with Gasteiger partial charge in [0.15, 0.2) is 0 Å². The highest BCUT2D eigenvalue weighted by molar-refractivity contribution is 6.32. The number of aromatic amines is 1. The number of rotatable bonds is 2. The first-order valence-electron chi connectivity index (χ1n) is 4.53. The normalized spacial score (nSPS) is 10.6. The van der Waals surface area contributed by atoms with Crippen molar-refractivity contribution in [2.75, 3.05) is 0 Å². The fourth-order valence-corrected chi connectivity index (χ4v) is 1.64. The van der Waals surface area contributed by atoms with Crippen LogP contribution in [0.2, 0.25) is 5.02 Å². The monoisotopic (exact) mass is 240 g/mol. The Morgan fingerprint density at radius 1 is 1.44 bits per heavy atom. The van der Waals surface area contributed by atoms with Crippen LogP contribution in [-0.2, 0) is 6.54 Å². The van der Waals surface area contributed by atoms with E-state index in [2.05, 4.69) is 10.3 Å². The summed E-state index contributed by atoms with van der Waals surface area (Å²) in [5.74, 6) is -0.00578. The number of H-pyrrole nitrogens is 1. The number of fused-ring (bicyclic) bond motifs is 1. The molecule has 1 aromatic heterocycles. The summed E-state index contributed by atoms with van der Waals surface area (Å²) >= 11 is 5.75. The Hall–Kier alpha value is -1.88. The van der Waals surface area contributed by atoms with Crippen LogP contribution in [0.3, 0.4) is 0 Å². The van der Waals surface area contributed by atoms with Gasteiger partial charge in [-0.1, -0.05) is 11.6 Å². The number of aromatic hydroxyl groups is 1. The van der Waals surface area contributed by atoms with E-state index in [-0.39, 0.29) is 17.3 Å².